The van der Waals surface area contributed by atoms with Crippen LogP contribution in [0.2, 0.25) is 0 Å². The number of para-hydroxylation sites is 1. The molecule has 1 N–H and O–H groups in total. The van der Waals surface area contributed by atoms with Crippen LogP contribution in [0, 0.1) is 0 Å². The van der Waals surface area contributed by atoms with E-state index in [-0.39, 0.29) is 6.04 Å². The maximum absolute atomic E-state index is 3.89. The molecule has 11 aromatic rings. The summed E-state index contributed by atoms with van der Waals surface area (Å²) in [6, 6.07) is 100. The fraction of sp³-hybridized carbons (Fsp3) is 0.0294. The number of rotatable bonds is 9. The SMILES string of the molecule is C1=C(c2ccc(-c3ccc4ccccc4c3)cc2)c2ccccc2NC1c1ccc(N(c2ccc(-c3ccccc3)cc2)c2ccc3c(c2)C(c2ccccc2)(c2ccccc2)c2ccccc2-3)cc1. The van der Waals surface area contributed by atoms with Gasteiger partial charge in [0.25, 0.3) is 0 Å². The summed E-state index contributed by atoms with van der Waals surface area (Å²) in [6.07, 6.45) is 2.40. The number of fused-ring (bicyclic) bond motifs is 5. The Hall–Kier alpha value is -8.98. The van der Waals surface area contributed by atoms with Crippen molar-refractivity contribution in [3.05, 3.63) is 318 Å². The summed E-state index contributed by atoms with van der Waals surface area (Å²) < 4.78 is 0. The molecule has 11 aromatic carbocycles. The van der Waals surface area contributed by atoms with E-state index in [0.29, 0.717) is 0 Å². The van der Waals surface area contributed by atoms with Gasteiger partial charge in [-0.2, -0.15) is 0 Å². The van der Waals surface area contributed by atoms with Crippen molar-refractivity contribution in [3.63, 3.8) is 0 Å². The third-order valence-electron chi connectivity index (χ3n) is 14.6. The minimum Gasteiger partial charge on any atom is -0.374 e. The van der Waals surface area contributed by atoms with E-state index in [1.165, 1.54) is 88.7 Å². The number of benzene rings is 11. The first kappa shape index (κ1) is 41.2. The van der Waals surface area contributed by atoms with Gasteiger partial charge in [-0.05, 0) is 138 Å². The van der Waals surface area contributed by atoms with Crippen LogP contribution in [0.5, 0.6) is 0 Å². The molecule has 0 spiro atoms. The van der Waals surface area contributed by atoms with E-state index in [1.54, 1.807) is 0 Å². The van der Waals surface area contributed by atoms with Gasteiger partial charge >= 0.3 is 0 Å². The van der Waals surface area contributed by atoms with Gasteiger partial charge in [0, 0.05) is 28.3 Å². The van der Waals surface area contributed by atoms with E-state index in [4.69, 9.17) is 0 Å². The van der Waals surface area contributed by atoms with Crippen LogP contribution in [0.25, 0.3) is 49.7 Å². The van der Waals surface area contributed by atoms with Crippen molar-refractivity contribution in [1.82, 2.24) is 0 Å². The van der Waals surface area contributed by atoms with Gasteiger partial charge in [0.15, 0.2) is 0 Å². The minimum absolute atomic E-state index is 0.0337. The average molecular weight is 893 g/mol. The Morgan fingerprint density at radius 3 is 1.54 bits per heavy atom. The summed E-state index contributed by atoms with van der Waals surface area (Å²) in [5.41, 5.74) is 21.2. The van der Waals surface area contributed by atoms with Crippen LogP contribution in [0.1, 0.15) is 45.0 Å². The lowest BCUT2D eigenvalue weighted by atomic mass is 9.67. The first-order chi connectivity index (χ1) is 34.7. The predicted molar refractivity (Wildman–Crippen MR) is 293 cm³/mol. The predicted octanol–water partition coefficient (Wildman–Crippen LogP) is 17.6. The van der Waals surface area contributed by atoms with Gasteiger partial charge in [-0.3, -0.25) is 0 Å². The maximum Gasteiger partial charge on any atom is 0.0714 e. The molecule has 1 unspecified atom stereocenters. The molecular weight excluding hydrogens is 845 g/mol. The lowest BCUT2D eigenvalue weighted by Gasteiger charge is -2.35. The van der Waals surface area contributed by atoms with Gasteiger partial charge in [0.2, 0.25) is 0 Å². The molecular formula is C68H48N2. The topological polar surface area (TPSA) is 15.3 Å². The molecule has 2 heteroatoms. The molecule has 0 bridgehead atoms. The number of hydrogen-bond donors (Lipinski definition) is 1. The van der Waals surface area contributed by atoms with Crippen molar-refractivity contribution in [3.8, 4) is 33.4 Å². The summed E-state index contributed by atoms with van der Waals surface area (Å²) in [5.74, 6) is 0. The highest BCUT2D eigenvalue weighted by Gasteiger charge is 2.46. The molecule has 1 aliphatic heterocycles. The van der Waals surface area contributed by atoms with E-state index < -0.39 is 5.41 Å². The van der Waals surface area contributed by atoms with Gasteiger partial charge in [-0.15, -0.1) is 0 Å². The number of anilines is 4. The first-order valence-corrected chi connectivity index (χ1v) is 24.3. The Bertz CT molecular complexity index is 3670. The fourth-order valence-electron chi connectivity index (χ4n) is 11.2. The highest BCUT2D eigenvalue weighted by molar-refractivity contribution is 5.92. The number of nitrogens with one attached hydrogen (secondary N) is 1. The Labute approximate surface area is 410 Å². The second-order valence-electron chi connectivity index (χ2n) is 18.5. The van der Waals surface area contributed by atoms with Gasteiger partial charge in [0.05, 0.1) is 11.5 Å². The van der Waals surface area contributed by atoms with Crippen LogP contribution in [-0.4, -0.2) is 0 Å². The van der Waals surface area contributed by atoms with Crippen LogP contribution in [-0.2, 0) is 5.41 Å². The second-order valence-corrected chi connectivity index (χ2v) is 18.5. The van der Waals surface area contributed by atoms with Crippen molar-refractivity contribution in [2.75, 3.05) is 10.2 Å². The van der Waals surface area contributed by atoms with Crippen molar-refractivity contribution in [1.29, 1.82) is 0 Å². The van der Waals surface area contributed by atoms with E-state index in [2.05, 4.69) is 289 Å². The summed E-state index contributed by atoms with van der Waals surface area (Å²) in [7, 11) is 0. The molecule has 2 nitrogen and oxygen atoms in total. The normalized spacial score (nSPS) is 14.2. The first-order valence-electron chi connectivity index (χ1n) is 24.3. The Morgan fingerprint density at radius 2 is 0.829 bits per heavy atom. The van der Waals surface area contributed by atoms with E-state index in [1.807, 2.05) is 0 Å². The largest absolute Gasteiger partial charge is 0.374 e. The number of nitrogens with zero attached hydrogens (tertiary/aromatic N) is 1. The third kappa shape index (κ3) is 7.04. The van der Waals surface area contributed by atoms with Crippen molar-refractivity contribution in [2.45, 2.75) is 11.5 Å². The zero-order chi connectivity index (χ0) is 46.4. The summed E-state index contributed by atoms with van der Waals surface area (Å²) >= 11 is 0. The van der Waals surface area contributed by atoms with Crippen molar-refractivity contribution < 1.29 is 0 Å². The minimum atomic E-state index is -0.513. The standard InChI is InChI=1S/C68H48N2/c1-4-16-47(17-5-1)49-34-38-57(39-35-49)70(59-42-43-61-60-24-12-14-26-64(60)68(65(61)45-59,55-20-6-2-7-21-55)56-22-8-3-9-23-56)58-40-36-52(37-41-58)67-46-63(62-25-13-15-27-66(62)69-67)51-31-28-50(29-32-51)54-33-30-48-18-10-11-19-53(48)44-54/h1-46,67,69H. The molecule has 0 saturated carbocycles. The lowest BCUT2D eigenvalue weighted by Crippen LogP contribution is -2.28. The van der Waals surface area contributed by atoms with Gasteiger partial charge in [-0.1, -0.05) is 224 Å². The summed E-state index contributed by atoms with van der Waals surface area (Å²) in [5, 5.41) is 6.40. The smallest absolute Gasteiger partial charge is 0.0714 e. The van der Waals surface area contributed by atoms with Gasteiger partial charge in [0.1, 0.15) is 0 Å². The van der Waals surface area contributed by atoms with E-state index in [0.717, 1.165) is 22.7 Å². The van der Waals surface area contributed by atoms with Crippen LogP contribution >= 0.6 is 0 Å². The highest BCUT2D eigenvalue weighted by Crippen LogP contribution is 2.57. The molecule has 70 heavy (non-hydrogen) atoms. The van der Waals surface area contributed by atoms with Crippen molar-refractivity contribution in [2.24, 2.45) is 0 Å². The Kier molecular flexibility index (Phi) is 10.2. The van der Waals surface area contributed by atoms with E-state index >= 15 is 0 Å². The zero-order valence-electron chi connectivity index (χ0n) is 38.6. The Morgan fingerprint density at radius 1 is 0.329 bits per heavy atom. The van der Waals surface area contributed by atoms with Gasteiger partial charge in [-0.25, -0.2) is 0 Å². The molecule has 0 amide bonds. The molecule has 0 radical (unpaired) electrons. The fourth-order valence-corrected chi connectivity index (χ4v) is 11.2. The quantitative estimate of drug-likeness (QED) is 0.155. The van der Waals surface area contributed by atoms with Crippen LogP contribution in [0.3, 0.4) is 0 Å². The summed E-state index contributed by atoms with van der Waals surface area (Å²) in [6.45, 7) is 0. The molecule has 0 saturated heterocycles. The molecule has 1 heterocycles. The molecule has 13 rings (SSSR count). The number of hydrogen-bond acceptors (Lipinski definition) is 2. The third-order valence-corrected chi connectivity index (χ3v) is 14.6. The average Bonchev–Trinajstić information content (AvgIpc) is 3.74. The molecule has 0 fully saturated rings. The molecule has 2 aliphatic rings. The van der Waals surface area contributed by atoms with Gasteiger partial charge < -0.3 is 10.2 Å². The lowest BCUT2D eigenvalue weighted by molar-refractivity contribution is 0.768. The highest BCUT2D eigenvalue weighted by atomic mass is 15.1. The summed E-state index contributed by atoms with van der Waals surface area (Å²) in [4.78, 5) is 2.42. The molecule has 330 valence electrons. The van der Waals surface area contributed by atoms with Crippen LogP contribution < -0.4 is 10.2 Å². The van der Waals surface area contributed by atoms with Crippen molar-refractivity contribution >= 4 is 39.1 Å². The Balaban J connectivity index is 0.908. The molecule has 0 aromatic heterocycles. The van der Waals surface area contributed by atoms with E-state index in [9.17, 15) is 0 Å². The van der Waals surface area contributed by atoms with Crippen LogP contribution in [0.15, 0.2) is 279 Å². The monoisotopic (exact) mass is 892 g/mol. The second kappa shape index (κ2) is 17.3. The molecule has 1 atom stereocenters. The zero-order valence-corrected chi connectivity index (χ0v) is 38.6. The maximum atomic E-state index is 3.89. The molecule has 1 aliphatic carbocycles. The van der Waals surface area contributed by atoms with Crippen LogP contribution in [0.4, 0.5) is 22.7 Å².